The van der Waals surface area contributed by atoms with E-state index >= 15 is 0 Å². The molecule has 2 aromatic rings. The average Bonchev–Trinajstić information content (AvgIpc) is 2.48. The number of carbonyl (C=O) groups excluding carboxylic acids is 1. The van der Waals surface area contributed by atoms with Crippen molar-refractivity contribution in [3.63, 3.8) is 0 Å². The maximum absolute atomic E-state index is 13.0. The van der Waals surface area contributed by atoms with Crippen LogP contribution in [0.3, 0.4) is 0 Å². The van der Waals surface area contributed by atoms with Gasteiger partial charge in [0.1, 0.15) is 11.6 Å². The lowest BCUT2D eigenvalue weighted by Crippen LogP contribution is -2.03. The van der Waals surface area contributed by atoms with Crippen molar-refractivity contribution in [1.29, 1.82) is 5.26 Å². The largest absolute Gasteiger partial charge is 0.423 e. The van der Waals surface area contributed by atoms with E-state index < -0.39 is 5.97 Å². The Morgan fingerprint density at radius 3 is 2.67 bits per heavy atom. The number of hydrogen-bond donors (Lipinski definition) is 0. The van der Waals surface area contributed by atoms with Gasteiger partial charge in [-0.2, -0.15) is 5.26 Å². The van der Waals surface area contributed by atoms with Gasteiger partial charge in [-0.3, -0.25) is 0 Å². The number of hydrogen-bond acceptors (Lipinski definition) is 3. The first-order valence-corrected chi connectivity index (χ1v) is 6.29. The van der Waals surface area contributed by atoms with Crippen molar-refractivity contribution < 1.29 is 13.9 Å². The topological polar surface area (TPSA) is 50.1 Å². The first-order valence-electron chi connectivity index (χ1n) is 6.29. The third-order valence-electron chi connectivity index (χ3n) is 2.69. The van der Waals surface area contributed by atoms with E-state index in [4.69, 9.17) is 10.00 Å². The molecule has 21 heavy (non-hydrogen) atoms. The Hall–Kier alpha value is -2.93. The third-order valence-corrected chi connectivity index (χ3v) is 2.69. The molecular formula is C17H12FNO2. The van der Waals surface area contributed by atoms with E-state index in [2.05, 4.69) is 0 Å². The van der Waals surface area contributed by atoms with Crippen LogP contribution in [-0.2, 0) is 11.2 Å². The Morgan fingerprint density at radius 2 is 2.00 bits per heavy atom. The molecule has 0 amide bonds. The van der Waals surface area contributed by atoms with Crippen molar-refractivity contribution in [2.75, 3.05) is 0 Å². The van der Waals surface area contributed by atoms with Crippen molar-refractivity contribution in [2.45, 2.75) is 6.42 Å². The van der Waals surface area contributed by atoms with Gasteiger partial charge in [0.05, 0.1) is 12.5 Å². The van der Waals surface area contributed by atoms with Crippen LogP contribution >= 0.6 is 0 Å². The quantitative estimate of drug-likeness (QED) is 0.489. The molecule has 0 aliphatic carbocycles. The van der Waals surface area contributed by atoms with Crippen molar-refractivity contribution in [2.24, 2.45) is 0 Å². The molecule has 0 aromatic heterocycles. The number of benzene rings is 2. The number of halogens is 1. The summed E-state index contributed by atoms with van der Waals surface area (Å²) in [7, 11) is 0. The van der Waals surface area contributed by atoms with Crippen LogP contribution in [0.2, 0.25) is 0 Å². The molecule has 0 heterocycles. The number of nitriles is 1. The second kappa shape index (κ2) is 7.01. The summed E-state index contributed by atoms with van der Waals surface area (Å²) in [5.74, 6) is -0.517. The summed E-state index contributed by atoms with van der Waals surface area (Å²) in [6, 6.07) is 14.6. The Bertz CT molecular complexity index is 699. The molecule has 0 aliphatic heterocycles. The molecule has 0 saturated carbocycles. The van der Waals surface area contributed by atoms with Crippen LogP contribution in [0, 0.1) is 17.1 Å². The minimum absolute atomic E-state index is 0.313. The fourth-order valence-corrected chi connectivity index (χ4v) is 1.69. The maximum Gasteiger partial charge on any atom is 0.336 e. The van der Waals surface area contributed by atoms with E-state index in [1.807, 2.05) is 6.07 Å². The molecule has 0 N–H and O–H groups in total. The molecule has 0 atom stereocenters. The zero-order valence-corrected chi connectivity index (χ0v) is 11.1. The summed E-state index contributed by atoms with van der Waals surface area (Å²) in [5.41, 5.74) is 1.43. The zero-order chi connectivity index (χ0) is 15.1. The molecule has 2 rings (SSSR count). The van der Waals surface area contributed by atoms with E-state index in [0.29, 0.717) is 17.7 Å². The standard InChI is InChI=1S/C17H12FNO2/c18-15-3-1-2-14(12-15)6-9-17(20)21-16-7-4-13(5-8-16)10-11-19/h1-9,12H,10H2/b9-6+. The average molecular weight is 281 g/mol. The fraction of sp³-hybridized carbons (Fsp3) is 0.0588. The van der Waals surface area contributed by atoms with Crippen LogP contribution in [0.1, 0.15) is 11.1 Å². The summed E-state index contributed by atoms with van der Waals surface area (Å²) < 4.78 is 18.1. The normalized spacial score (nSPS) is 10.3. The summed E-state index contributed by atoms with van der Waals surface area (Å²) in [6.07, 6.45) is 3.03. The van der Waals surface area contributed by atoms with Crippen molar-refractivity contribution in [1.82, 2.24) is 0 Å². The maximum atomic E-state index is 13.0. The lowest BCUT2D eigenvalue weighted by molar-refractivity contribution is -0.128. The third kappa shape index (κ3) is 4.59. The van der Waals surface area contributed by atoms with Crippen LogP contribution in [-0.4, -0.2) is 5.97 Å². The van der Waals surface area contributed by atoms with Crippen LogP contribution < -0.4 is 4.74 Å². The Labute approximate surface area is 121 Å². The number of esters is 1. The summed E-state index contributed by atoms with van der Waals surface area (Å²) in [6.45, 7) is 0. The van der Waals surface area contributed by atoms with E-state index in [9.17, 15) is 9.18 Å². The summed E-state index contributed by atoms with van der Waals surface area (Å²) >= 11 is 0. The molecule has 0 radical (unpaired) electrons. The first kappa shape index (κ1) is 14.5. The highest BCUT2D eigenvalue weighted by Gasteiger charge is 2.01. The van der Waals surface area contributed by atoms with Gasteiger partial charge in [0.25, 0.3) is 0 Å². The van der Waals surface area contributed by atoms with Gasteiger partial charge in [-0.25, -0.2) is 9.18 Å². The second-order valence-corrected chi connectivity index (χ2v) is 4.29. The SMILES string of the molecule is N#CCc1ccc(OC(=O)/C=C/c2cccc(F)c2)cc1. The van der Waals surface area contributed by atoms with Crippen LogP contribution in [0.15, 0.2) is 54.6 Å². The molecule has 0 fully saturated rings. The molecule has 0 unspecified atom stereocenters. The van der Waals surface area contributed by atoms with Gasteiger partial charge in [0, 0.05) is 6.08 Å². The molecule has 2 aromatic carbocycles. The van der Waals surface area contributed by atoms with E-state index in [-0.39, 0.29) is 5.82 Å². The van der Waals surface area contributed by atoms with Crippen molar-refractivity contribution in [3.05, 3.63) is 71.6 Å². The number of nitrogens with zero attached hydrogens (tertiary/aromatic N) is 1. The highest BCUT2D eigenvalue weighted by atomic mass is 19.1. The minimum Gasteiger partial charge on any atom is -0.423 e. The highest BCUT2D eigenvalue weighted by Crippen LogP contribution is 2.13. The predicted octanol–water partition coefficient (Wildman–Crippen LogP) is 3.51. The van der Waals surface area contributed by atoms with E-state index in [1.165, 1.54) is 24.3 Å². The van der Waals surface area contributed by atoms with Crippen LogP contribution in [0.25, 0.3) is 6.08 Å². The predicted molar refractivity (Wildman–Crippen MR) is 76.8 cm³/mol. The molecule has 0 spiro atoms. The lowest BCUT2D eigenvalue weighted by atomic mass is 10.2. The molecular weight excluding hydrogens is 269 g/mol. The number of ether oxygens (including phenoxy) is 1. The molecule has 4 heteroatoms. The summed E-state index contributed by atoms with van der Waals surface area (Å²) in [5, 5.41) is 8.56. The van der Waals surface area contributed by atoms with Gasteiger partial charge >= 0.3 is 5.97 Å². The summed E-state index contributed by atoms with van der Waals surface area (Å²) in [4.78, 5) is 11.6. The molecule has 0 aliphatic rings. The Morgan fingerprint density at radius 1 is 1.24 bits per heavy atom. The van der Waals surface area contributed by atoms with Crippen LogP contribution in [0.4, 0.5) is 4.39 Å². The minimum atomic E-state index is -0.549. The van der Waals surface area contributed by atoms with Crippen LogP contribution in [0.5, 0.6) is 5.75 Å². The van der Waals surface area contributed by atoms with Crippen molar-refractivity contribution in [3.8, 4) is 11.8 Å². The highest BCUT2D eigenvalue weighted by molar-refractivity contribution is 5.88. The van der Waals surface area contributed by atoms with E-state index in [0.717, 1.165) is 5.56 Å². The zero-order valence-electron chi connectivity index (χ0n) is 11.1. The van der Waals surface area contributed by atoms with E-state index in [1.54, 1.807) is 36.4 Å². The molecule has 0 saturated heterocycles. The fourth-order valence-electron chi connectivity index (χ4n) is 1.69. The second-order valence-electron chi connectivity index (χ2n) is 4.29. The lowest BCUT2D eigenvalue weighted by Gasteiger charge is -2.02. The van der Waals surface area contributed by atoms with Crippen molar-refractivity contribution >= 4 is 12.0 Å². The Kier molecular flexibility index (Phi) is 4.84. The van der Waals surface area contributed by atoms with Gasteiger partial charge in [-0.15, -0.1) is 0 Å². The first-order chi connectivity index (χ1) is 10.2. The molecule has 104 valence electrons. The Balaban J connectivity index is 1.97. The van der Waals surface area contributed by atoms with Gasteiger partial charge in [-0.1, -0.05) is 24.3 Å². The molecule has 3 nitrogen and oxygen atoms in total. The molecule has 0 bridgehead atoms. The smallest absolute Gasteiger partial charge is 0.336 e. The van der Waals surface area contributed by atoms with Gasteiger partial charge < -0.3 is 4.74 Å². The van der Waals surface area contributed by atoms with Gasteiger partial charge in [0.2, 0.25) is 0 Å². The van der Waals surface area contributed by atoms with Gasteiger partial charge in [-0.05, 0) is 41.5 Å². The monoisotopic (exact) mass is 281 g/mol. The number of rotatable bonds is 4. The number of carbonyl (C=O) groups is 1. The van der Waals surface area contributed by atoms with Gasteiger partial charge in [0.15, 0.2) is 0 Å².